The van der Waals surface area contributed by atoms with E-state index in [9.17, 15) is 14.4 Å². The van der Waals surface area contributed by atoms with Crippen LogP contribution < -0.4 is 0 Å². The SMILES string of the molecule is CCOC(=O)C1=C(C(=O)OCC)C2=CC=CC=C(C2)C(C(=O)OC)=N1. The van der Waals surface area contributed by atoms with Gasteiger partial charge in [0, 0.05) is 6.42 Å². The molecule has 25 heavy (non-hydrogen) atoms. The summed E-state index contributed by atoms with van der Waals surface area (Å²) in [6.07, 6.45) is 7.04. The second-order valence-electron chi connectivity index (χ2n) is 5.06. The molecule has 2 bridgehead atoms. The highest BCUT2D eigenvalue weighted by molar-refractivity contribution is 6.44. The molecule has 0 atom stereocenters. The van der Waals surface area contributed by atoms with E-state index in [-0.39, 0.29) is 36.6 Å². The molecule has 0 amide bonds. The Hall–Kier alpha value is -2.96. The molecule has 0 spiro atoms. The zero-order valence-electron chi connectivity index (χ0n) is 14.3. The molecule has 2 rings (SSSR count). The number of esters is 3. The molecule has 1 heterocycles. The Bertz CT molecular complexity index is 752. The fraction of sp³-hybridized carbons (Fsp3) is 0.333. The number of methoxy groups -OCH3 is 1. The number of ether oxygens (including phenoxy) is 3. The Morgan fingerprint density at radius 3 is 2.16 bits per heavy atom. The molecule has 0 saturated heterocycles. The number of hydrogen-bond acceptors (Lipinski definition) is 7. The lowest BCUT2D eigenvalue weighted by atomic mass is 9.96. The normalized spacial score (nSPS) is 16.0. The van der Waals surface area contributed by atoms with E-state index in [4.69, 9.17) is 14.2 Å². The van der Waals surface area contributed by atoms with Gasteiger partial charge in [-0.3, -0.25) is 0 Å². The van der Waals surface area contributed by atoms with Gasteiger partial charge in [0.1, 0.15) is 0 Å². The van der Waals surface area contributed by atoms with E-state index in [1.165, 1.54) is 7.11 Å². The van der Waals surface area contributed by atoms with Gasteiger partial charge in [-0.25, -0.2) is 19.4 Å². The van der Waals surface area contributed by atoms with E-state index < -0.39 is 17.9 Å². The number of carbonyl (C=O) groups is 3. The number of aliphatic imine (C=N–C) groups is 1. The molecule has 0 fully saturated rings. The van der Waals surface area contributed by atoms with E-state index in [1.54, 1.807) is 38.2 Å². The smallest absolute Gasteiger partial charge is 0.357 e. The van der Waals surface area contributed by atoms with Crippen LogP contribution in [0.15, 0.2) is 51.7 Å². The predicted molar refractivity (Wildman–Crippen MR) is 89.7 cm³/mol. The highest BCUT2D eigenvalue weighted by Gasteiger charge is 2.33. The maximum Gasteiger partial charge on any atom is 0.357 e. The van der Waals surface area contributed by atoms with Crippen LogP contribution in [0, 0.1) is 0 Å². The molecular formula is C18H19NO6. The minimum absolute atomic E-state index is 0.00310. The van der Waals surface area contributed by atoms with Crippen molar-refractivity contribution in [2.45, 2.75) is 20.3 Å². The first-order chi connectivity index (χ1) is 12.0. The van der Waals surface area contributed by atoms with Crippen molar-refractivity contribution in [3.8, 4) is 0 Å². The molecule has 7 nitrogen and oxygen atoms in total. The van der Waals surface area contributed by atoms with Crippen LogP contribution in [0.25, 0.3) is 0 Å². The summed E-state index contributed by atoms with van der Waals surface area (Å²) in [6.45, 7) is 3.54. The summed E-state index contributed by atoms with van der Waals surface area (Å²) in [5.74, 6) is -2.20. The third-order valence-corrected chi connectivity index (χ3v) is 3.50. The van der Waals surface area contributed by atoms with Crippen LogP contribution in [0.1, 0.15) is 20.3 Å². The Labute approximate surface area is 145 Å². The molecule has 1 aliphatic carbocycles. The molecule has 2 aliphatic rings. The maximum atomic E-state index is 12.5. The fourth-order valence-corrected chi connectivity index (χ4v) is 2.44. The predicted octanol–water partition coefficient (Wildman–Crippen LogP) is 1.81. The van der Waals surface area contributed by atoms with Gasteiger partial charge in [-0.05, 0) is 25.0 Å². The molecule has 0 saturated carbocycles. The van der Waals surface area contributed by atoms with Gasteiger partial charge in [0.05, 0.1) is 25.9 Å². The van der Waals surface area contributed by atoms with Crippen LogP contribution in [0.4, 0.5) is 0 Å². The van der Waals surface area contributed by atoms with Crippen molar-refractivity contribution < 1.29 is 28.6 Å². The first-order valence-electron chi connectivity index (χ1n) is 7.86. The second-order valence-corrected chi connectivity index (χ2v) is 5.06. The Morgan fingerprint density at radius 1 is 0.960 bits per heavy atom. The lowest BCUT2D eigenvalue weighted by molar-refractivity contribution is -0.141. The summed E-state index contributed by atoms with van der Waals surface area (Å²) >= 11 is 0. The quantitative estimate of drug-likeness (QED) is 0.557. The van der Waals surface area contributed by atoms with Crippen molar-refractivity contribution in [1.82, 2.24) is 0 Å². The van der Waals surface area contributed by atoms with E-state index in [2.05, 4.69) is 4.99 Å². The van der Waals surface area contributed by atoms with Crippen LogP contribution in [-0.2, 0) is 28.6 Å². The van der Waals surface area contributed by atoms with Crippen molar-refractivity contribution >= 4 is 23.6 Å². The molecular weight excluding hydrogens is 326 g/mol. The van der Waals surface area contributed by atoms with Crippen LogP contribution in [0.3, 0.4) is 0 Å². The van der Waals surface area contributed by atoms with Gasteiger partial charge in [-0.2, -0.15) is 0 Å². The number of nitrogens with zero attached hydrogens (tertiary/aromatic N) is 1. The highest BCUT2D eigenvalue weighted by atomic mass is 16.5. The Kier molecular flexibility index (Phi) is 6.05. The van der Waals surface area contributed by atoms with Gasteiger partial charge < -0.3 is 14.2 Å². The van der Waals surface area contributed by atoms with Crippen molar-refractivity contribution in [3.63, 3.8) is 0 Å². The zero-order chi connectivity index (χ0) is 18.4. The molecule has 0 radical (unpaired) electrons. The molecule has 0 N–H and O–H groups in total. The summed E-state index contributed by atoms with van der Waals surface area (Å²) in [6, 6.07) is 0. The molecule has 0 aromatic carbocycles. The van der Waals surface area contributed by atoms with Gasteiger partial charge in [-0.15, -0.1) is 0 Å². The summed E-state index contributed by atoms with van der Waals surface area (Å²) in [4.78, 5) is 41.1. The molecule has 0 unspecified atom stereocenters. The first kappa shape index (κ1) is 18.4. The van der Waals surface area contributed by atoms with E-state index in [0.29, 0.717) is 11.1 Å². The monoisotopic (exact) mass is 345 g/mol. The third kappa shape index (κ3) is 3.93. The van der Waals surface area contributed by atoms with Gasteiger partial charge in [0.15, 0.2) is 11.4 Å². The Balaban J connectivity index is 2.73. The molecule has 0 aromatic rings. The summed E-state index contributed by atoms with van der Waals surface area (Å²) < 4.78 is 14.8. The third-order valence-electron chi connectivity index (χ3n) is 3.50. The summed E-state index contributed by atoms with van der Waals surface area (Å²) in [7, 11) is 1.22. The van der Waals surface area contributed by atoms with Crippen LogP contribution in [0.2, 0.25) is 0 Å². The van der Waals surface area contributed by atoms with Gasteiger partial charge in [0.25, 0.3) is 0 Å². The van der Waals surface area contributed by atoms with Crippen LogP contribution in [0.5, 0.6) is 0 Å². The number of fused-ring (bicyclic) bond motifs is 2. The number of allylic oxidation sites excluding steroid dienone is 4. The largest absolute Gasteiger partial charge is 0.464 e. The van der Waals surface area contributed by atoms with Crippen LogP contribution >= 0.6 is 0 Å². The fourth-order valence-electron chi connectivity index (χ4n) is 2.44. The molecule has 1 aliphatic heterocycles. The topological polar surface area (TPSA) is 91.3 Å². The number of rotatable bonds is 5. The van der Waals surface area contributed by atoms with Gasteiger partial charge in [0.2, 0.25) is 0 Å². The van der Waals surface area contributed by atoms with E-state index >= 15 is 0 Å². The van der Waals surface area contributed by atoms with E-state index in [1.807, 2.05) is 0 Å². The lowest BCUT2D eigenvalue weighted by Crippen LogP contribution is -2.19. The highest BCUT2D eigenvalue weighted by Crippen LogP contribution is 2.31. The maximum absolute atomic E-state index is 12.5. The number of hydrogen-bond donors (Lipinski definition) is 0. The average molecular weight is 345 g/mol. The zero-order valence-corrected chi connectivity index (χ0v) is 14.3. The second kappa shape index (κ2) is 8.23. The minimum atomic E-state index is -0.802. The van der Waals surface area contributed by atoms with Gasteiger partial charge in [-0.1, -0.05) is 24.3 Å². The van der Waals surface area contributed by atoms with E-state index in [0.717, 1.165) is 0 Å². The standard InChI is InChI=1S/C18H19NO6/c1-4-24-16(20)13-11-8-6-7-9-12(10-11)14(17(21)23-3)19-15(13)18(22)25-5-2/h6-9H,4-5,10H2,1-3H3. The summed E-state index contributed by atoms with van der Waals surface area (Å²) in [5, 5.41) is 0. The number of carbonyl (C=O) groups excluding carboxylic acids is 3. The molecule has 0 aromatic heterocycles. The molecule has 132 valence electrons. The van der Waals surface area contributed by atoms with Crippen molar-refractivity contribution in [1.29, 1.82) is 0 Å². The average Bonchev–Trinajstić information content (AvgIpc) is 2.92. The first-order valence-corrected chi connectivity index (χ1v) is 7.86. The van der Waals surface area contributed by atoms with Gasteiger partial charge >= 0.3 is 17.9 Å². The molecule has 7 heteroatoms. The van der Waals surface area contributed by atoms with Crippen molar-refractivity contribution in [3.05, 3.63) is 46.7 Å². The van der Waals surface area contributed by atoms with Crippen molar-refractivity contribution in [2.24, 2.45) is 4.99 Å². The summed E-state index contributed by atoms with van der Waals surface area (Å²) in [5.41, 5.74) is 0.752. The lowest BCUT2D eigenvalue weighted by Gasteiger charge is -2.11. The van der Waals surface area contributed by atoms with Crippen LogP contribution in [-0.4, -0.2) is 43.9 Å². The Morgan fingerprint density at radius 2 is 1.56 bits per heavy atom. The van der Waals surface area contributed by atoms with Crippen molar-refractivity contribution in [2.75, 3.05) is 20.3 Å². The minimum Gasteiger partial charge on any atom is -0.464 e.